The summed E-state index contributed by atoms with van der Waals surface area (Å²) in [5.74, 6) is 2.46. The summed E-state index contributed by atoms with van der Waals surface area (Å²) < 4.78 is 3.34. The molecule has 3 aliphatic carbocycles. The topological polar surface area (TPSA) is 97.9 Å². The molecular weight excluding hydrogens is 536 g/mol. The fourth-order valence-electron chi connectivity index (χ4n) is 7.77. The number of nitrogens with zero attached hydrogens (tertiary/aromatic N) is 5. The molecule has 0 amide bonds. The van der Waals surface area contributed by atoms with Gasteiger partial charge in [-0.1, -0.05) is 38.8 Å². The van der Waals surface area contributed by atoms with E-state index >= 15 is 0 Å². The molecule has 8 nitrogen and oxygen atoms in total. The normalized spacial score (nSPS) is 23.2. The maximum Gasteiger partial charge on any atom is 0.278 e. The zero-order valence-electron chi connectivity index (χ0n) is 25.4. The van der Waals surface area contributed by atoms with Crippen LogP contribution in [0.5, 0.6) is 0 Å². The lowest BCUT2D eigenvalue weighted by Crippen LogP contribution is -2.25. The maximum absolute atomic E-state index is 13.5. The Morgan fingerprint density at radius 3 is 2.63 bits per heavy atom. The van der Waals surface area contributed by atoms with Gasteiger partial charge in [0.15, 0.2) is 11.5 Å². The van der Waals surface area contributed by atoms with Gasteiger partial charge in [-0.15, -0.1) is 6.58 Å². The van der Waals surface area contributed by atoms with Crippen molar-refractivity contribution in [3.05, 3.63) is 81.4 Å². The second-order valence-corrected chi connectivity index (χ2v) is 13.0. The third-order valence-electron chi connectivity index (χ3n) is 10.2. The predicted octanol–water partition coefficient (Wildman–Crippen LogP) is 6.62. The number of allylic oxidation sites excluding steroid dienone is 1. The molecule has 3 aromatic heterocycles. The van der Waals surface area contributed by atoms with Gasteiger partial charge >= 0.3 is 0 Å². The highest BCUT2D eigenvalue weighted by atomic mass is 16.3. The molecule has 0 fully saturated rings. The molecule has 0 saturated heterocycles. The first kappa shape index (κ1) is 28.0. The largest absolute Gasteiger partial charge is 0.384 e. The molecule has 43 heavy (non-hydrogen) atoms. The summed E-state index contributed by atoms with van der Waals surface area (Å²) in [5, 5.41) is 15.2. The summed E-state index contributed by atoms with van der Waals surface area (Å²) in [6.45, 7) is 8.55. The van der Waals surface area contributed by atoms with Crippen molar-refractivity contribution in [1.82, 2.24) is 24.3 Å². The standard InChI is InChI=1S/C35H42N6O2/c1-4-18-40-33(42)28-21-36-34(39-32(28)41(40)29-15-14-24-16-17-35(43,5-2)31(24)38-29)37-27-19-25-10-6-8-22(3)12-13-23-9-7-11-26(20-27)30(23)25/h4,14-15,19-23,43H,1,5-13,16-18H2,2-3H3,(H,36,37,39). The van der Waals surface area contributed by atoms with Gasteiger partial charge in [0.1, 0.15) is 11.0 Å². The molecule has 0 spiro atoms. The monoisotopic (exact) mass is 578 g/mol. The summed E-state index contributed by atoms with van der Waals surface area (Å²) in [6.07, 6.45) is 15.2. The van der Waals surface area contributed by atoms with Gasteiger partial charge in [0, 0.05) is 11.9 Å². The van der Waals surface area contributed by atoms with E-state index in [1.54, 1.807) is 27.2 Å². The highest BCUT2D eigenvalue weighted by Crippen LogP contribution is 2.42. The molecule has 0 saturated carbocycles. The van der Waals surface area contributed by atoms with Gasteiger partial charge in [-0.2, -0.15) is 4.98 Å². The minimum atomic E-state index is -0.958. The Morgan fingerprint density at radius 1 is 1.07 bits per heavy atom. The average Bonchev–Trinajstić information content (AvgIpc) is 3.51. The van der Waals surface area contributed by atoms with Crippen LogP contribution in [0.2, 0.25) is 0 Å². The van der Waals surface area contributed by atoms with Crippen LogP contribution in [0.3, 0.4) is 0 Å². The first-order valence-corrected chi connectivity index (χ1v) is 16.1. The number of benzene rings is 1. The number of aliphatic hydroxyl groups is 1. The van der Waals surface area contributed by atoms with E-state index in [1.807, 2.05) is 19.1 Å². The minimum absolute atomic E-state index is 0.198. The van der Waals surface area contributed by atoms with Crippen molar-refractivity contribution in [2.24, 2.45) is 5.92 Å². The molecule has 2 N–H and O–H groups in total. The van der Waals surface area contributed by atoms with E-state index in [0.29, 0.717) is 53.8 Å². The van der Waals surface area contributed by atoms with Crippen molar-refractivity contribution in [2.75, 3.05) is 5.32 Å². The molecule has 4 aromatic rings. The van der Waals surface area contributed by atoms with E-state index in [2.05, 4.69) is 35.9 Å². The van der Waals surface area contributed by atoms with Gasteiger partial charge in [-0.05, 0) is 110 Å². The Bertz CT molecular complexity index is 1770. The van der Waals surface area contributed by atoms with E-state index in [4.69, 9.17) is 9.97 Å². The quantitative estimate of drug-likeness (QED) is 0.250. The van der Waals surface area contributed by atoms with E-state index < -0.39 is 5.60 Å². The van der Waals surface area contributed by atoms with Crippen molar-refractivity contribution in [1.29, 1.82) is 0 Å². The maximum atomic E-state index is 13.5. The summed E-state index contributed by atoms with van der Waals surface area (Å²) in [5.41, 5.74) is 6.61. The Hall–Kier alpha value is -3.78. The van der Waals surface area contributed by atoms with Crippen LogP contribution in [0.15, 0.2) is 47.9 Å². The molecular formula is C35H42N6O2. The number of aromatic nitrogens is 5. The van der Waals surface area contributed by atoms with Crippen LogP contribution in [0, 0.1) is 5.92 Å². The van der Waals surface area contributed by atoms with Crippen molar-refractivity contribution >= 4 is 22.7 Å². The molecule has 1 aromatic carbocycles. The molecule has 8 heteroatoms. The Labute approximate surface area is 252 Å². The molecule has 7 rings (SSSR count). The molecule has 224 valence electrons. The van der Waals surface area contributed by atoms with Crippen molar-refractivity contribution in [3.63, 3.8) is 0 Å². The molecule has 3 unspecified atom stereocenters. The highest BCUT2D eigenvalue weighted by Gasteiger charge is 2.37. The summed E-state index contributed by atoms with van der Waals surface area (Å²) >= 11 is 0. The van der Waals surface area contributed by atoms with Crippen LogP contribution in [-0.2, 0) is 31.4 Å². The van der Waals surface area contributed by atoms with Gasteiger partial charge < -0.3 is 10.4 Å². The van der Waals surface area contributed by atoms with Crippen LogP contribution < -0.4 is 10.9 Å². The van der Waals surface area contributed by atoms with Crippen molar-refractivity contribution in [2.45, 2.75) is 103 Å². The second kappa shape index (κ2) is 11.1. The number of rotatable bonds is 6. The van der Waals surface area contributed by atoms with Gasteiger partial charge in [-0.25, -0.2) is 19.3 Å². The smallest absolute Gasteiger partial charge is 0.278 e. The second-order valence-electron chi connectivity index (χ2n) is 13.0. The first-order chi connectivity index (χ1) is 20.9. The highest BCUT2D eigenvalue weighted by molar-refractivity contribution is 5.77. The van der Waals surface area contributed by atoms with Gasteiger partial charge in [0.05, 0.1) is 12.2 Å². The SMILES string of the molecule is C=CCn1c(=O)c2cnc(Nc3cc4c5c(c3)CCCC5CCC(C)CCC4)nc2n1-c1ccc2c(n1)C(O)(CC)CC2. The summed E-state index contributed by atoms with van der Waals surface area (Å²) in [6, 6.07) is 8.53. The molecule has 3 aliphatic rings. The summed E-state index contributed by atoms with van der Waals surface area (Å²) in [7, 11) is 0. The molecule has 0 radical (unpaired) electrons. The lowest BCUT2D eigenvalue weighted by atomic mass is 9.77. The zero-order chi connectivity index (χ0) is 29.7. The van der Waals surface area contributed by atoms with Crippen LogP contribution >= 0.6 is 0 Å². The van der Waals surface area contributed by atoms with E-state index in [0.717, 1.165) is 36.4 Å². The number of pyridine rings is 1. The predicted molar refractivity (Wildman–Crippen MR) is 170 cm³/mol. The molecule has 3 heterocycles. The van der Waals surface area contributed by atoms with Crippen molar-refractivity contribution < 1.29 is 5.11 Å². The Balaban J connectivity index is 1.30. The minimum Gasteiger partial charge on any atom is -0.384 e. The molecule has 3 atom stereocenters. The average molecular weight is 579 g/mol. The van der Waals surface area contributed by atoms with Crippen LogP contribution in [0.1, 0.15) is 99.1 Å². The molecule has 0 aliphatic heterocycles. The van der Waals surface area contributed by atoms with E-state index in [-0.39, 0.29) is 5.56 Å². The fourth-order valence-corrected chi connectivity index (χ4v) is 7.77. The van der Waals surface area contributed by atoms with Crippen LogP contribution in [0.25, 0.3) is 16.9 Å². The zero-order valence-corrected chi connectivity index (χ0v) is 25.4. The Kier molecular flexibility index (Phi) is 7.20. The number of nitrogens with one attached hydrogen (secondary N) is 1. The molecule has 0 bridgehead atoms. The van der Waals surface area contributed by atoms with Crippen LogP contribution in [0.4, 0.5) is 11.6 Å². The van der Waals surface area contributed by atoms with E-state index in [1.165, 1.54) is 49.7 Å². The van der Waals surface area contributed by atoms with Crippen molar-refractivity contribution in [3.8, 4) is 5.82 Å². The van der Waals surface area contributed by atoms with E-state index in [9.17, 15) is 9.90 Å². The number of hydrogen-bond donors (Lipinski definition) is 2. The number of aryl methyl sites for hydroxylation is 3. The number of anilines is 2. The van der Waals surface area contributed by atoms with Gasteiger partial charge in [-0.3, -0.25) is 4.79 Å². The van der Waals surface area contributed by atoms with Gasteiger partial charge in [0.25, 0.3) is 5.56 Å². The Morgan fingerprint density at radius 2 is 1.86 bits per heavy atom. The van der Waals surface area contributed by atoms with Crippen LogP contribution in [-0.4, -0.2) is 29.4 Å². The lowest BCUT2D eigenvalue weighted by Gasteiger charge is -2.29. The first-order valence-electron chi connectivity index (χ1n) is 16.1. The summed E-state index contributed by atoms with van der Waals surface area (Å²) in [4.78, 5) is 27.9. The lowest BCUT2D eigenvalue weighted by molar-refractivity contribution is 0.0306. The van der Waals surface area contributed by atoms with Gasteiger partial charge in [0.2, 0.25) is 5.95 Å². The number of hydrogen-bond acceptors (Lipinski definition) is 6. The number of fused-ring (bicyclic) bond motifs is 2. The third-order valence-corrected chi connectivity index (χ3v) is 10.2. The fraction of sp³-hybridized carbons (Fsp3) is 0.486. The third kappa shape index (κ3) is 4.89.